The lowest BCUT2D eigenvalue weighted by molar-refractivity contribution is -0.201. The number of carbonyl (C=O) groups excluding carboxylic acids is 1. The van der Waals surface area contributed by atoms with E-state index in [2.05, 4.69) is 5.32 Å². The van der Waals surface area contributed by atoms with Gasteiger partial charge in [0, 0.05) is 13.2 Å². The molecule has 0 bridgehead atoms. The zero-order chi connectivity index (χ0) is 17.9. The molecule has 0 saturated carbocycles. The normalized spacial score (nSPS) is 18.3. The van der Waals surface area contributed by atoms with Crippen molar-refractivity contribution in [1.82, 2.24) is 5.32 Å². The van der Waals surface area contributed by atoms with Crippen LogP contribution in [0.1, 0.15) is 37.7 Å². The van der Waals surface area contributed by atoms with Crippen LogP contribution in [0.2, 0.25) is 0 Å². The Kier molecular flexibility index (Phi) is 8.21. The van der Waals surface area contributed by atoms with Gasteiger partial charge in [-0.15, -0.1) is 0 Å². The first kappa shape index (κ1) is 19.2. The topological polar surface area (TPSA) is 94.1 Å². The number of rotatable bonds is 9. The summed E-state index contributed by atoms with van der Waals surface area (Å²) in [5.41, 5.74) is 0.907. The minimum atomic E-state index is -1.01. The van der Waals surface area contributed by atoms with Crippen molar-refractivity contribution in [3.8, 4) is 0 Å². The van der Waals surface area contributed by atoms with Crippen LogP contribution in [-0.2, 0) is 25.6 Å². The average Bonchev–Trinajstić information content (AvgIpc) is 2.64. The van der Waals surface area contributed by atoms with Gasteiger partial charge in [-0.2, -0.15) is 0 Å². The van der Waals surface area contributed by atoms with Crippen LogP contribution in [0.5, 0.6) is 0 Å². The van der Waals surface area contributed by atoms with E-state index in [0.29, 0.717) is 32.4 Å². The minimum Gasteiger partial charge on any atom is -0.479 e. The number of aliphatic carboxylic acids is 1. The van der Waals surface area contributed by atoms with E-state index in [1.807, 2.05) is 30.3 Å². The summed E-state index contributed by atoms with van der Waals surface area (Å²) in [6, 6.07) is 9.38. The van der Waals surface area contributed by atoms with Gasteiger partial charge in [0.1, 0.15) is 6.61 Å². The van der Waals surface area contributed by atoms with Crippen molar-refractivity contribution in [3.63, 3.8) is 0 Å². The van der Waals surface area contributed by atoms with Gasteiger partial charge in [-0.1, -0.05) is 30.3 Å². The van der Waals surface area contributed by atoms with Gasteiger partial charge in [0.25, 0.3) is 0 Å². The smallest absolute Gasteiger partial charge is 0.407 e. The maximum absolute atomic E-state index is 11.6. The SMILES string of the molecule is O=C(NCCCC(OC1CCCCO1)C(=O)O)OCc1ccccc1. The molecular weight excluding hydrogens is 326 g/mol. The van der Waals surface area contributed by atoms with E-state index in [1.165, 1.54) is 0 Å². The Labute approximate surface area is 147 Å². The average molecular weight is 351 g/mol. The highest BCUT2D eigenvalue weighted by Crippen LogP contribution is 2.17. The second-order valence-electron chi connectivity index (χ2n) is 5.89. The van der Waals surface area contributed by atoms with Gasteiger partial charge in [0.05, 0.1) is 0 Å². The molecule has 1 aromatic rings. The molecule has 138 valence electrons. The van der Waals surface area contributed by atoms with E-state index in [9.17, 15) is 14.7 Å². The Morgan fingerprint density at radius 3 is 2.76 bits per heavy atom. The fourth-order valence-electron chi connectivity index (χ4n) is 2.50. The first-order chi connectivity index (χ1) is 12.1. The molecule has 0 aliphatic carbocycles. The number of carboxylic acids is 1. The lowest BCUT2D eigenvalue weighted by Crippen LogP contribution is -2.34. The molecule has 0 spiro atoms. The number of hydrogen-bond acceptors (Lipinski definition) is 5. The van der Waals surface area contributed by atoms with Crippen LogP contribution in [0.3, 0.4) is 0 Å². The highest BCUT2D eigenvalue weighted by atomic mass is 16.7. The highest BCUT2D eigenvalue weighted by molar-refractivity contribution is 5.72. The molecule has 1 heterocycles. The summed E-state index contributed by atoms with van der Waals surface area (Å²) >= 11 is 0. The number of hydrogen-bond donors (Lipinski definition) is 2. The molecule has 0 radical (unpaired) electrons. The molecule has 1 aliphatic rings. The monoisotopic (exact) mass is 351 g/mol. The summed E-state index contributed by atoms with van der Waals surface area (Å²) < 4.78 is 16.0. The Bertz CT molecular complexity index is 530. The molecule has 7 nitrogen and oxygen atoms in total. The van der Waals surface area contributed by atoms with Crippen molar-refractivity contribution in [3.05, 3.63) is 35.9 Å². The number of carbonyl (C=O) groups is 2. The lowest BCUT2D eigenvalue weighted by atomic mass is 10.1. The van der Waals surface area contributed by atoms with Crippen LogP contribution in [0.25, 0.3) is 0 Å². The lowest BCUT2D eigenvalue weighted by Gasteiger charge is -2.25. The van der Waals surface area contributed by atoms with E-state index in [0.717, 1.165) is 18.4 Å². The molecule has 7 heteroatoms. The first-order valence-corrected chi connectivity index (χ1v) is 8.59. The van der Waals surface area contributed by atoms with Crippen LogP contribution in [0, 0.1) is 0 Å². The third-order valence-electron chi connectivity index (χ3n) is 3.85. The van der Waals surface area contributed by atoms with Gasteiger partial charge in [-0.3, -0.25) is 0 Å². The second kappa shape index (κ2) is 10.7. The van der Waals surface area contributed by atoms with Crippen molar-refractivity contribution < 1.29 is 28.9 Å². The maximum Gasteiger partial charge on any atom is 0.407 e. The summed E-state index contributed by atoms with van der Waals surface area (Å²) in [6.07, 6.45) is 1.56. The number of alkyl carbamates (subject to hydrolysis) is 1. The number of carboxylic acid groups (broad SMARTS) is 1. The van der Waals surface area contributed by atoms with E-state index in [4.69, 9.17) is 14.2 Å². The predicted molar refractivity (Wildman–Crippen MR) is 90.0 cm³/mol. The minimum absolute atomic E-state index is 0.201. The van der Waals surface area contributed by atoms with Crippen molar-refractivity contribution in [2.24, 2.45) is 0 Å². The van der Waals surface area contributed by atoms with Crippen molar-refractivity contribution in [2.75, 3.05) is 13.2 Å². The molecule has 2 N–H and O–H groups in total. The van der Waals surface area contributed by atoms with E-state index >= 15 is 0 Å². The molecule has 1 aliphatic heterocycles. The highest BCUT2D eigenvalue weighted by Gasteiger charge is 2.24. The Morgan fingerprint density at radius 1 is 1.28 bits per heavy atom. The molecular formula is C18H25NO6. The number of benzene rings is 1. The summed E-state index contributed by atoms with van der Waals surface area (Å²) in [5, 5.41) is 11.8. The summed E-state index contributed by atoms with van der Waals surface area (Å²) in [7, 11) is 0. The summed E-state index contributed by atoms with van der Waals surface area (Å²) in [4.78, 5) is 22.9. The second-order valence-corrected chi connectivity index (χ2v) is 5.89. The number of nitrogens with one attached hydrogen (secondary N) is 1. The standard InChI is InChI=1S/C18H25NO6/c20-17(21)15(25-16-10-4-5-12-23-16)9-6-11-19-18(22)24-13-14-7-2-1-3-8-14/h1-3,7-8,15-16H,4-6,9-13H2,(H,19,22)(H,20,21). The Morgan fingerprint density at radius 2 is 2.08 bits per heavy atom. The number of ether oxygens (including phenoxy) is 3. The van der Waals surface area contributed by atoms with Gasteiger partial charge in [0.2, 0.25) is 0 Å². The molecule has 0 aromatic heterocycles. The Hall–Kier alpha value is -2.12. The molecule has 1 fully saturated rings. The van der Waals surface area contributed by atoms with Gasteiger partial charge < -0.3 is 24.6 Å². The molecule has 25 heavy (non-hydrogen) atoms. The third kappa shape index (κ3) is 7.53. The Balaban J connectivity index is 1.60. The summed E-state index contributed by atoms with van der Waals surface area (Å²) in [6.45, 7) is 1.13. The molecule has 2 rings (SSSR count). The predicted octanol–water partition coefficient (Wildman–Crippen LogP) is 2.69. The first-order valence-electron chi connectivity index (χ1n) is 8.59. The van der Waals surface area contributed by atoms with E-state index in [-0.39, 0.29) is 6.61 Å². The van der Waals surface area contributed by atoms with Crippen molar-refractivity contribution in [2.45, 2.75) is 51.1 Å². The van der Waals surface area contributed by atoms with Crippen molar-refractivity contribution in [1.29, 1.82) is 0 Å². The molecule has 1 saturated heterocycles. The van der Waals surface area contributed by atoms with Crippen LogP contribution in [0.15, 0.2) is 30.3 Å². The molecule has 1 aromatic carbocycles. The van der Waals surface area contributed by atoms with Gasteiger partial charge >= 0.3 is 12.1 Å². The molecule has 1 amide bonds. The zero-order valence-electron chi connectivity index (χ0n) is 14.2. The van der Waals surface area contributed by atoms with Crippen LogP contribution >= 0.6 is 0 Å². The van der Waals surface area contributed by atoms with Crippen LogP contribution in [0.4, 0.5) is 4.79 Å². The molecule has 2 atom stereocenters. The fraction of sp³-hybridized carbons (Fsp3) is 0.556. The van der Waals surface area contributed by atoms with Crippen LogP contribution in [-0.4, -0.2) is 42.7 Å². The van der Waals surface area contributed by atoms with Crippen molar-refractivity contribution >= 4 is 12.1 Å². The fourth-order valence-corrected chi connectivity index (χ4v) is 2.50. The quantitative estimate of drug-likeness (QED) is 0.664. The number of amides is 1. The van der Waals surface area contributed by atoms with E-state index in [1.54, 1.807) is 0 Å². The third-order valence-corrected chi connectivity index (χ3v) is 3.85. The largest absolute Gasteiger partial charge is 0.479 e. The van der Waals surface area contributed by atoms with Gasteiger partial charge in [0.15, 0.2) is 12.4 Å². The van der Waals surface area contributed by atoms with Gasteiger partial charge in [-0.05, 0) is 37.7 Å². The molecule has 2 unspecified atom stereocenters. The van der Waals surface area contributed by atoms with Gasteiger partial charge in [-0.25, -0.2) is 9.59 Å². The summed E-state index contributed by atoms with van der Waals surface area (Å²) in [5.74, 6) is -1.01. The van der Waals surface area contributed by atoms with E-state index < -0.39 is 24.5 Å². The van der Waals surface area contributed by atoms with Crippen LogP contribution < -0.4 is 5.32 Å². The zero-order valence-corrected chi connectivity index (χ0v) is 14.2. The maximum atomic E-state index is 11.6.